The van der Waals surface area contributed by atoms with Crippen LogP contribution in [0.1, 0.15) is 38.1 Å². The second-order valence-electron chi connectivity index (χ2n) is 5.56. The Balaban J connectivity index is 2.83. The van der Waals surface area contributed by atoms with Gasteiger partial charge in [-0.2, -0.15) is 0 Å². The molecule has 0 heterocycles. The summed E-state index contributed by atoms with van der Waals surface area (Å²) in [6.07, 6.45) is 0. The molecule has 0 fully saturated rings. The quantitative estimate of drug-likeness (QED) is 0.772. The fraction of sp³-hybridized carbons (Fsp3) is 0.429. The summed E-state index contributed by atoms with van der Waals surface area (Å²) >= 11 is 0. The molecule has 0 unspecified atom stereocenters. The van der Waals surface area contributed by atoms with Gasteiger partial charge >= 0.3 is 0 Å². The average molecular weight is 263 g/mol. The van der Waals surface area contributed by atoms with E-state index in [-0.39, 0.29) is 17.4 Å². The summed E-state index contributed by atoms with van der Waals surface area (Å²) in [4.78, 5) is 23.5. The van der Waals surface area contributed by atoms with E-state index in [1.807, 2.05) is 20.8 Å². The molecular formula is C14H21N3O2. The fourth-order valence-electron chi connectivity index (χ4n) is 1.41. The van der Waals surface area contributed by atoms with Gasteiger partial charge in [0.2, 0.25) is 5.91 Å². The van der Waals surface area contributed by atoms with Gasteiger partial charge < -0.3 is 16.4 Å². The molecule has 0 saturated carbocycles. The molecule has 0 aromatic heterocycles. The van der Waals surface area contributed by atoms with Crippen molar-refractivity contribution in [1.29, 1.82) is 0 Å². The van der Waals surface area contributed by atoms with Crippen LogP contribution in [0.5, 0.6) is 0 Å². The van der Waals surface area contributed by atoms with Gasteiger partial charge in [-0.25, -0.2) is 0 Å². The molecule has 0 spiro atoms. The zero-order valence-electron chi connectivity index (χ0n) is 11.8. The van der Waals surface area contributed by atoms with E-state index in [0.717, 1.165) is 0 Å². The SMILES string of the molecule is C[C@H](N)C(=O)Nc1cccc(C(=O)NC(C)(C)C)c1. The van der Waals surface area contributed by atoms with Gasteiger partial charge in [0.15, 0.2) is 0 Å². The first-order valence-electron chi connectivity index (χ1n) is 6.18. The largest absolute Gasteiger partial charge is 0.347 e. The molecule has 4 N–H and O–H groups in total. The number of anilines is 1. The van der Waals surface area contributed by atoms with Gasteiger partial charge in [0.25, 0.3) is 5.91 Å². The maximum absolute atomic E-state index is 12.0. The van der Waals surface area contributed by atoms with Crippen molar-refractivity contribution in [2.75, 3.05) is 5.32 Å². The number of hydrogen-bond donors (Lipinski definition) is 3. The summed E-state index contributed by atoms with van der Waals surface area (Å²) in [6.45, 7) is 7.33. The summed E-state index contributed by atoms with van der Waals surface area (Å²) in [5.74, 6) is -0.460. The van der Waals surface area contributed by atoms with Crippen molar-refractivity contribution in [2.24, 2.45) is 5.73 Å². The van der Waals surface area contributed by atoms with Crippen molar-refractivity contribution >= 4 is 17.5 Å². The van der Waals surface area contributed by atoms with Gasteiger partial charge in [-0.05, 0) is 45.9 Å². The highest BCUT2D eigenvalue weighted by atomic mass is 16.2. The van der Waals surface area contributed by atoms with Crippen LogP contribution >= 0.6 is 0 Å². The Morgan fingerprint density at radius 3 is 2.42 bits per heavy atom. The van der Waals surface area contributed by atoms with E-state index in [0.29, 0.717) is 11.3 Å². The van der Waals surface area contributed by atoms with Crippen LogP contribution in [0.2, 0.25) is 0 Å². The Kier molecular flexibility index (Phi) is 4.67. The molecule has 104 valence electrons. The molecule has 1 aromatic rings. The van der Waals surface area contributed by atoms with Gasteiger partial charge in [0.05, 0.1) is 6.04 Å². The molecule has 0 radical (unpaired) electrons. The molecule has 0 aliphatic heterocycles. The smallest absolute Gasteiger partial charge is 0.251 e. The predicted molar refractivity (Wildman–Crippen MR) is 75.9 cm³/mol. The number of nitrogens with two attached hydrogens (primary N) is 1. The predicted octanol–water partition coefficient (Wildman–Crippen LogP) is 1.50. The molecule has 1 aromatic carbocycles. The lowest BCUT2D eigenvalue weighted by Crippen LogP contribution is -2.40. The van der Waals surface area contributed by atoms with Crippen LogP contribution in [-0.4, -0.2) is 23.4 Å². The summed E-state index contributed by atoms with van der Waals surface area (Å²) in [7, 11) is 0. The lowest BCUT2D eigenvalue weighted by molar-refractivity contribution is -0.117. The first-order valence-corrected chi connectivity index (χ1v) is 6.18. The van der Waals surface area contributed by atoms with Crippen LogP contribution in [0.25, 0.3) is 0 Å². The molecule has 0 aliphatic rings. The number of rotatable bonds is 3. The first kappa shape index (κ1) is 15.2. The summed E-state index contributed by atoms with van der Waals surface area (Å²) in [5.41, 5.74) is 6.23. The van der Waals surface area contributed by atoms with E-state index >= 15 is 0 Å². The second kappa shape index (κ2) is 5.84. The monoisotopic (exact) mass is 263 g/mol. The second-order valence-corrected chi connectivity index (χ2v) is 5.56. The summed E-state index contributed by atoms with van der Waals surface area (Å²) < 4.78 is 0. The Morgan fingerprint density at radius 1 is 1.26 bits per heavy atom. The minimum atomic E-state index is -0.591. The third-order valence-corrected chi connectivity index (χ3v) is 2.29. The molecule has 1 atom stereocenters. The number of carbonyl (C=O) groups excluding carboxylic acids is 2. The maximum Gasteiger partial charge on any atom is 0.251 e. The normalized spacial score (nSPS) is 12.7. The fourth-order valence-corrected chi connectivity index (χ4v) is 1.41. The molecule has 5 nitrogen and oxygen atoms in total. The highest BCUT2D eigenvalue weighted by Gasteiger charge is 2.16. The third kappa shape index (κ3) is 5.09. The van der Waals surface area contributed by atoms with E-state index in [9.17, 15) is 9.59 Å². The number of nitrogens with one attached hydrogen (secondary N) is 2. The van der Waals surface area contributed by atoms with Crippen molar-refractivity contribution in [2.45, 2.75) is 39.3 Å². The van der Waals surface area contributed by atoms with Gasteiger partial charge in [-0.1, -0.05) is 6.07 Å². The van der Waals surface area contributed by atoms with Crippen molar-refractivity contribution < 1.29 is 9.59 Å². The lowest BCUT2D eigenvalue weighted by atomic mass is 10.1. The zero-order valence-corrected chi connectivity index (χ0v) is 11.8. The molecule has 2 amide bonds. The van der Waals surface area contributed by atoms with E-state index in [4.69, 9.17) is 5.73 Å². The highest BCUT2D eigenvalue weighted by Crippen LogP contribution is 2.12. The molecule has 0 bridgehead atoms. The minimum Gasteiger partial charge on any atom is -0.347 e. The number of benzene rings is 1. The van der Waals surface area contributed by atoms with E-state index in [2.05, 4.69) is 10.6 Å². The van der Waals surface area contributed by atoms with Crippen molar-refractivity contribution in [3.05, 3.63) is 29.8 Å². The Labute approximate surface area is 113 Å². The average Bonchev–Trinajstić information content (AvgIpc) is 2.27. The van der Waals surface area contributed by atoms with Gasteiger partial charge in [0.1, 0.15) is 0 Å². The number of hydrogen-bond acceptors (Lipinski definition) is 3. The number of carbonyl (C=O) groups is 2. The highest BCUT2D eigenvalue weighted by molar-refractivity contribution is 5.98. The Morgan fingerprint density at radius 2 is 1.89 bits per heavy atom. The summed E-state index contributed by atoms with van der Waals surface area (Å²) in [5, 5.41) is 5.52. The van der Waals surface area contributed by atoms with Crippen LogP contribution in [0.15, 0.2) is 24.3 Å². The molecule has 0 saturated heterocycles. The topological polar surface area (TPSA) is 84.2 Å². The van der Waals surface area contributed by atoms with Crippen LogP contribution in [0.4, 0.5) is 5.69 Å². The van der Waals surface area contributed by atoms with Crippen LogP contribution < -0.4 is 16.4 Å². The molecule has 19 heavy (non-hydrogen) atoms. The van der Waals surface area contributed by atoms with E-state index < -0.39 is 6.04 Å². The number of amides is 2. The first-order chi connectivity index (χ1) is 8.69. The van der Waals surface area contributed by atoms with Crippen LogP contribution in [-0.2, 0) is 4.79 Å². The van der Waals surface area contributed by atoms with Gasteiger partial charge in [0, 0.05) is 16.8 Å². The van der Waals surface area contributed by atoms with Crippen molar-refractivity contribution in [3.63, 3.8) is 0 Å². The Hall–Kier alpha value is -1.88. The maximum atomic E-state index is 12.0. The molecule has 5 heteroatoms. The summed E-state index contributed by atoms with van der Waals surface area (Å²) in [6, 6.07) is 6.17. The zero-order chi connectivity index (χ0) is 14.6. The molecular weight excluding hydrogens is 242 g/mol. The van der Waals surface area contributed by atoms with Crippen LogP contribution in [0.3, 0.4) is 0 Å². The van der Waals surface area contributed by atoms with Crippen molar-refractivity contribution in [3.8, 4) is 0 Å². The lowest BCUT2D eigenvalue weighted by Gasteiger charge is -2.20. The Bertz CT molecular complexity index is 476. The van der Waals surface area contributed by atoms with E-state index in [1.165, 1.54) is 0 Å². The minimum absolute atomic E-state index is 0.176. The standard InChI is InChI=1S/C14H21N3O2/c1-9(15)12(18)16-11-7-5-6-10(8-11)13(19)17-14(2,3)4/h5-9H,15H2,1-4H3,(H,16,18)(H,17,19)/t9-/m0/s1. The van der Waals surface area contributed by atoms with E-state index in [1.54, 1.807) is 31.2 Å². The van der Waals surface area contributed by atoms with Crippen molar-refractivity contribution in [1.82, 2.24) is 5.32 Å². The van der Waals surface area contributed by atoms with Gasteiger partial charge in [-0.3, -0.25) is 9.59 Å². The third-order valence-electron chi connectivity index (χ3n) is 2.29. The molecule has 1 rings (SSSR count). The van der Waals surface area contributed by atoms with Gasteiger partial charge in [-0.15, -0.1) is 0 Å². The van der Waals surface area contributed by atoms with Crippen LogP contribution in [0, 0.1) is 0 Å². The molecule has 0 aliphatic carbocycles.